The van der Waals surface area contributed by atoms with E-state index in [1.165, 1.54) is 48.3 Å². The van der Waals surface area contributed by atoms with Crippen LogP contribution in [0, 0.1) is 0 Å². The third-order valence-corrected chi connectivity index (χ3v) is 7.67. The smallest absolute Gasteiger partial charge is 0.118 e. The van der Waals surface area contributed by atoms with Crippen LogP contribution in [-0.4, -0.2) is 51.9 Å². The summed E-state index contributed by atoms with van der Waals surface area (Å²) in [5, 5.41) is 7.12. The summed E-state index contributed by atoms with van der Waals surface area (Å²) in [5.74, 6) is 4.21. The predicted molar refractivity (Wildman–Crippen MR) is 143 cm³/mol. The molecule has 0 aliphatic heterocycles. The zero-order valence-electron chi connectivity index (χ0n) is 19.7. The first-order valence-electron chi connectivity index (χ1n) is 11.7. The number of nitrogens with one attached hydrogen (secondary N) is 2. The van der Waals surface area contributed by atoms with Crippen LogP contribution in [0.5, 0.6) is 11.5 Å². The third-order valence-electron chi connectivity index (χ3n) is 5.26. The van der Waals surface area contributed by atoms with E-state index >= 15 is 0 Å². The lowest BCUT2D eigenvalue weighted by Crippen LogP contribution is -2.19. The molecular formula is C26H40N2O2S2. The third kappa shape index (κ3) is 12.6. The first kappa shape index (κ1) is 26.9. The largest absolute Gasteiger partial charge is 0.497 e. The van der Waals surface area contributed by atoms with E-state index < -0.39 is 0 Å². The average Bonchev–Trinajstić information content (AvgIpc) is 2.84. The molecule has 0 bridgehead atoms. The Bertz CT molecular complexity index is 634. The van der Waals surface area contributed by atoms with Gasteiger partial charge in [0.1, 0.15) is 11.5 Å². The molecule has 0 aliphatic carbocycles. The fraction of sp³-hybridized carbons (Fsp3) is 0.538. The number of hydrogen-bond donors (Lipinski definition) is 2. The molecule has 0 fully saturated rings. The molecule has 0 atom stereocenters. The second-order valence-electron chi connectivity index (χ2n) is 7.75. The molecule has 32 heavy (non-hydrogen) atoms. The lowest BCUT2D eigenvalue weighted by molar-refractivity contribution is 0.414. The molecule has 0 aromatic heterocycles. The van der Waals surface area contributed by atoms with Gasteiger partial charge in [0.15, 0.2) is 0 Å². The Morgan fingerprint density at radius 3 is 1.34 bits per heavy atom. The number of aryl methyl sites for hydroxylation is 2. The van der Waals surface area contributed by atoms with Gasteiger partial charge >= 0.3 is 0 Å². The van der Waals surface area contributed by atoms with Gasteiger partial charge in [0.05, 0.1) is 14.2 Å². The van der Waals surface area contributed by atoms with Crippen LogP contribution in [0.15, 0.2) is 48.5 Å². The molecule has 6 heteroatoms. The number of methoxy groups -OCH3 is 2. The van der Waals surface area contributed by atoms with Crippen molar-refractivity contribution in [3.8, 4) is 11.5 Å². The zero-order chi connectivity index (χ0) is 22.7. The van der Waals surface area contributed by atoms with E-state index in [1.54, 1.807) is 14.2 Å². The Morgan fingerprint density at radius 1 is 0.562 bits per heavy atom. The Labute approximate surface area is 203 Å². The summed E-state index contributed by atoms with van der Waals surface area (Å²) in [6, 6.07) is 16.8. The summed E-state index contributed by atoms with van der Waals surface area (Å²) in [6.07, 6.45) is 7.20. The number of ether oxygens (including phenoxy) is 2. The first-order chi connectivity index (χ1) is 15.8. The second-order valence-corrected chi connectivity index (χ2v) is 10.5. The lowest BCUT2D eigenvalue weighted by Gasteiger charge is -2.07. The molecule has 0 radical (unpaired) electrons. The van der Waals surface area contributed by atoms with Crippen molar-refractivity contribution < 1.29 is 9.47 Å². The van der Waals surface area contributed by atoms with E-state index in [-0.39, 0.29) is 0 Å². The molecule has 0 amide bonds. The number of benzene rings is 2. The van der Waals surface area contributed by atoms with Crippen molar-refractivity contribution in [3.63, 3.8) is 0 Å². The van der Waals surface area contributed by atoms with E-state index in [2.05, 4.69) is 34.9 Å². The molecule has 0 saturated heterocycles. The normalized spacial score (nSPS) is 10.9. The number of hydrogen-bond acceptors (Lipinski definition) is 6. The maximum Gasteiger partial charge on any atom is 0.118 e. The Kier molecular flexibility index (Phi) is 15.2. The van der Waals surface area contributed by atoms with Crippen molar-refractivity contribution in [2.75, 3.05) is 51.9 Å². The van der Waals surface area contributed by atoms with Crippen molar-refractivity contribution in [1.82, 2.24) is 10.6 Å². The highest BCUT2D eigenvalue weighted by Crippen LogP contribution is 2.19. The quantitative estimate of drug-likeness (QED) is 0.203. The van der Waals surface area contributed by atoms with Gasteiger partial charge in [0.25, 0.3) is 0 Å². The Balaban J connectivity index is 1.29. The molecule has 2 aromatic rings. The minimum absolute atomic E-state index is 0.933. The van der Waals surface area contributed by atoms with Crippen LogP contribution in [-0.2, 0) is 12.8 Å². The Hall–Kier alpha value is -1.34. The van der Waals surface area contributed by atoms with E-state index in [0.717, 1.165) is 50.5 Å². The lowest BCUT2D eigenvalue weighted by atomic mass is 10.1. The van der Waals surface area contributed by atoms with Gasteiger partial charge in [-0.25, -0.2) is 0 Å². The molecule has 4 nitrogen and oxygen atoms in total. The summed E-state index contributed by atoms with van der Waals surface area (Å²) < 4.78 is 10.4. The highest BCUT2D eigenvalue weighted by atomic mass is 33.1. The SMILES string of the molecule is COc1ccc(CCCCNCCSSCCNCCCCc2ccc(OC)cc2)cc1. The van der Waals surface area contributed by atoms with Crippen molar-refractivity contribution >= 4 is 21.6 Å². The van der Waals surface area contributed by atoms with Crippen LogP contribution in [0.3, 0.4) is 0 Å². The van der Waals surface area contributed by atoms with Crippen molar-refractivity contribution in [2.45, 2.75) is 38.5 Å². The van der Waals surface area contributed by atoms with Crippen LogP contribution >= 0.6 is 21.6 Å². The van der Waals surface area contributed by atoms with Crippen LogP contribution in [0.1, 0.15) is 36.8 Å². The van der Waals surface area contributed by atoms with E-state index in [9.17, 15) is 0 Å². The van der Waals surface area contributed by atoms with Crippen molar-refractivity contribution in [2.24, 2.45) is 0 Å². The van der Waals surface area contributed by atoms with Gasteiger partial charge < -0.3 is 20.1 Å². The monoisotopic (exact) mass is 476 g/mol. The van der Waals surface area contributed by atoms with Crippen LogP contribution in [0.2, 0.25) is 0 Å². The first-order valence-corrected chi connectivity index (χ1v) is 14.2. The molecule has 0 unspecified atom stereocenters. The molecule has 0 heterocycles. The van der Waals surface area contributed by atoms with Crippen LogP contribution < -0.4 is 20.1 Å². The van der Waals surface area contributed by atoms with Gasteiger partial charge in [-0.15, -0.1) is 0 Å². The maximum atomic E-state index is 5.20. The fourth-order valence-corrected chi connectivity index (χ4v) is 5.24. The van der Waals surface area contributed by atoms with Gasteiger partial charge in [-0.1, -0.05) is 45.9 Å². The topological polar surface area (TPSA) is 42.5 Å². The van der Waals surface area contributed by atoms with Gasteiger partial charge in [0.2, 0.25) is 0 Å². The zero-order valence-corrected chi connectivity index (χ0v) is 21.4. The minimum atomic E-state index is 0.933. The van der Waals surface area contributed by atoms with Crippen LogP contribution in [0.4, 0.5) is 0 Å². The van der Waals surface area contributed by atoms with E-state index in [4.69, 9.17) is 9.47 Å². The summed E-state index contributed by atoms with van der Waals surface area (Å²) in [6.45, 7) is 4.41. The summed E-state index contributed by atoms with van der Waals surface area (Å²) >= 11 is 0. The summed E-state index contributed by atoms with van der Waals surface area (Å²) in [7, 11) is 7.38. The minimum Gasteiger partial charge on any atom is -0.497 e. The molecule has 0 spiro atoms. The molecule has 2 aromatic carbocycles. The molecule has 178 valence electrons. The molecule has 0 saturated carbocycles. The van der Waals surface area contributed by atoms with Crippen molar-refractivity contribution in [3.05, 3.63) is 59.7 Å². The maximum absolute atomic E-state index is 5.20. The Morgan fingerprint density at radius 2 is 0.969 bits per heavy atom. The van der Waals surface area contributed by atoms with Gasteiger partial charge in [-0.3, -0.25) is 0 Å². The second kappa shape index (κ2) is 18.1. The molecule has 2 N–H and O–H groups in total. The van der Waals surface area contributed by atoms with Gasteiger partial charge in [-0.05, 0) is 87.0 Å². The summed E-state index contributed by atoms with van der Waals surface area (Å²) in [5.41, 5.74) is 2.78. The van der Waals surface area contributed by atoms with Crippen molar-refractivity contribution in [1.29, 1.82) is 0 Å². The molecule has 2 rings (SSSR count). The highest BCUT2D eigenvalue weighted by Gasteiger charge is 1.97. The number of rotatable bonds is 19. The van der Waals surface area contributed by atoms with Gasteiger partial charge in [0, 0.05) is 24.6 Å². The summed E-state index contributed by atoms with van der Waals surface area (Å²) in [4.78, 5) is 0. The standard InChI is InChI=1S/C26H40N2O2S2/c1-29-25-13-9-23(10-14-25)7-3-5-17-27-19-21-31-32-22-20-28-18-6-4-8-24-11-15-26(30-2)16-12-24/h9-16,27-28H,3-8,17-22H2,1-2H3. The van der Waals surface area contributed by atoms with E-state index in [1.807, 2.05) is 45.9 Å². The molecular weight excluding hydrogens is 436 g/mol. The van der Waals surface area contributed by atoms with Crippen LogP contribution in [0.25, 0.3) is 0 Å². The number of unbranched alkanes of at least 4 members (excludes halogenated alkanes) is 2. The highest BCUT2D eigenvalue weighted by molar-refractivity contribution is 8.76. The average molecular weight is 477 g/mol. The molecule has 0 aliphatic rings. The van der Waals surface area contributed by atoms with E-state index in [0.29, 0.717) is 0 Å². The predicted octanol–water partition coefficient (Wildman–Crippen LogP) is 5.61. The fourth-order valence-electron chi connectivity index (χ4n) is 3.34. The van der Waals surface area contributed by atoms with Gasteiger partial charge in [-0.2, -0.15) is 0 Å².